The zero-order valence-electron chi connectivity index (χ0n) is 15.0. The van der Waals surface area contributed by atoms with E-state index in [1.165, 1.54) is 20.0 Å². The standard InChI is InChI=1S/C19H32O3/c1-10-7-8-19-9-22-17(18(20)21-6)16(19)14(5)12(3)13(4)15(19)11(10)2/h10-17H,7-9H2,1-6H3. The summed E-state index contributed by atoms with van der Waals surface area (Å²) in [5, 5.41) is 0. The second kappa shape index (κ2) is 5.51. The first-order valence-electron chi connectivity index (χ1n) is 9.04. The second-order valence-corrected chi connectivity index (χ2v) is 8.49. The summed E-state index contributed by atoms with van der Waals surface area (Å²) >= 11 is 0. The molecule has 0 radical (unpaired) electrons. The van der Waals surface area contributed by atoms with Crippen LogP contribution in [0.5, 0.6) is 0 Å². The number of esters is 1. The molecule has 3 heteroatoms. The first kappa shape index (κ1) is 16.3. The molecule has 0 aromatic rings. The smallest absolute Gasteiger partial charge is 0.335 e. The number of ether oxygens (including phenoxy) is 2. The van der Waals surface area contributed by atoms with Crippen LogP contribution in [0.2, 0.25) is 0 Å². The Morgan fingerprint density at radius 2 is 1.64 bits per heavy atom. The fourth-order valence-corrected chi connectivity index (χ4v) is 6.37. The molecule has 126 valence electrons. The number of hydrogen-bond donors (Lipinski definition) is 0. The fourth-order valence-electron chi connectivity index (χ4n) is 6.37. The van der Waals surface area contributed by atoms with Gasteiger partial charge in [-0.15, -0.1) is 0 Å². The molecule has 22 heavy (non-hydrogen) atoms. The molecule has 2 aliphatic carbocycles. The highest BCUT2D eigenvalue weighted by Crippen LogP contribution is 2.65. The van der Waals surface area contributed by atoms with E-state index in [9.17, 15) is 4.79 Å². The SMILES string of the molecule is COC(=O)C1OCC23CCC(C)C(C)C2C(C)C(C)C(C)C13. The summed E-state index contributed by atoms with van der Waals surface area (Å²) in [6.07, 6.45) is 2.13. The minimum Gasteiger partial charge on any atom is -0.467 e. The van der Waals surface area contributed by atoms with Crippen molar-refractivity contribution in [3.63, 3.8) is 0 Å². The van der Waals surface area contributed by atoms with E-state index in [-0.39, 0.29) is 17.5 Å². The van der Waals surface area contributed by atoms with Crippen molar-refractivity contribution in [2.75, 3.05) is 13.7 Å². The van der Waals surface area contributed by atoms with Gasteiger partial charge < -0.3 is 9.47 Å². The molecule has 1 heterocycles. The monoisotopic (exact) mass is 308 g/mol. The molecule has 0 amide bonds. The molecule has 9 unspecified atom stereocenters. The number of hydrogen-bond acceptors (Lipinski definition) is 3. The van der Waals surface area contributed by atoms with Gasteiger partial charge in [0.25, 0.3) is 0 Å². The molecule has 0 bridgehead atoms. The second-order valence-electron chi connectivity index (χ2n) is 8.49. The topological polar surface area (TPSA) is 35.5 Å². The summed E-state index contributed by atoms with van der Waals surface area (Å²) in [5.74, 6) is 4.15. The van der Waals surface area contributed by atoms with Gasteiger partial charge in [0.15, 0.2) is 6.10 Å². The minimum atomic E-state index is -0.349. The largest absolute Gasteiger partial charge is 0.467 e. The van der Waals surface area contributed by atoms with E-state index in [0.29, 0.717) is 35.5 Å². The van der Waals surface area contributed by atoms with Gasteiger partial charge in [0.05, 0.1) is 13.7 Å². The molecule has 1 aliphatic heterocycles. The minimum absolute atomic E-state index is 0.166. The number of rotatable bonds is 1. The van der Waals surface area contributed by atoms with Crippen LogP contribution in [0.25, 0.3) is 0 Å². The van der Waals surface area contributed by atoms with Crippen LogP contribution in [0.4, 0.5) is 0 Å². The normalized spacial score (nSPS) is 54.5. The van der Waals surface area contributed by atoms with Crippen molar-refractivity contribution in [1.82, 2.24) is 0 Å². The van der Waals surface area contributed by atoms with Gasteiger partial charge in [-0.3, -0.25) is 0 Å². The highest BCUT2D eigenvalue weighted by Gasteiger charge is 2.65. The summed E-state index contributed by atoms with van der Waals surface area (Å²) in [6.45, 7) is 12.7. The van der Waals surface area contributed by atoms with Gasteiger partial charge in [-0.05, 0) is 48.3 Å². The molecule has 1 spiro atoms. The van der Waals surface area contributed by atoms with Gasteiger partial charge in [0.2, 0.25) is 0 Å². The predicted molar refractivity (Wildman–Crippen MR) is 86.2 cm³/mol. The Labute approximate surface area is 135 Å². The van der Waals surface area contributed by atoms with Crippen molar-refractivity contribution in [2.24, 2.45) is 46.8 Å². The van der Waals surface area contributed by atoms with Gasteiger partial charge in [-0.2, -0.15) is 0 Å². The predicted octanol–water partition coefficient (Wildman–Crippen LogP) is 3.76. The van der Waals surface area contributed by atoms with Crippen LogP contribution in [0.3, 0.4) is 0 Å². The van der Waals surface area contributed by atoms with Crippen molar-refractivity contribution >= 4 is 5.97 Å². The maximum absolute atomic E-state index is 12.3. The van der Waals surface area contributed by atoms with E-state index >= 15 is 0 Å². The van der Waals surface area contributed by atoms with E-state index in [4.69, 9.17) is 9.47 Å². The highest BCUT2D eigenvalue weighted by atomic mass is 16.6. The van der Waals surface area contributed by atoms with Crippen LogP contribution in [-0.2, 0) is 14.3 Å². The first-order valence-corrected chi connectivity index (χ1v) is 9.04. The summed E-state index contributed by atoms with van der Waals surface area (Å²) < 4.78 is 11.1. The van der Waals surface area contributed by atoms with E-state index in [1.54, 1.807) is 0 Å². The maximum Gasteiger partial charge on any atom is 0.335 e. The Hall–Kier alpha value is -0.570. The van der Waals surface area contributed by atoms with Crippen LogP contribution in [0.1, 0.15) is 47.5 Å². The van der Waals surface area contributed by atoms with Crippen molar-refractivity contribution in [3.05, 3.63) is 0 Å². The molecule has 3 rings (SSSR count). The lowest BCUT2D eigenvalue weighted by Gasteiger charge is -2.60. The van der Waals surface area contributed by atoms with Crippen LogP contribution in [0.15, 0.2) is 0 Å². The zero-order valence-corrected chi connectivity index (χ0v) is 15.0. The van der Waals surface area contributed by atoms with E-state index in [0.717, 1.165) is 12.5 Å². The molecule has 1 saturated heterocycles. The average Bonchev–Trinajstić information content (AvgIpc) is 2.88. The zero-order chi connectivity index (χ0) is 16.2. The number of methoxy groups -OCH3 is 1. The number of carbonyl (C=O) groups excluding carboxylic acids is 1. The summed E-state index contributed by atoms with van der Waals surface area (Å²) in [5.41, 5.74) is 0.191. The molecule has 3 fully saturated rings. The third-order valence-corrected chi connectivity index (χ3v) is 7.94. The van der Waals surface area contributed by atoms with Crippen LogP contribution in [0, 0.1) is 46.8 Å². The Morgan fingerprint density at radius 3 is 2.27 bits per heavy atom. The summed E-state index contributed by atoms with van der Waals surface area (Å²) in [4.78, 5) is 12.3. The van der Waals surface area contributed by atoms with Crippen molar-refractivity contribution < 1.29 is 14.3 Å². The van der Waals surface area contributed by atoms with Gasteiger partial charge in [0, 0.05) is 11.3 Å². The van der Waals surface area contributed by atoms with Gasteiger partial charge in [0.1, 0.15) is 0 Å². The summed E-state index contributed by atoms with van der Waals surface area (Å²) in [7, 11) is 1.49. The third kappa shape index (κ3) is 2.00. The Bertz CT molecular complexity index is 448. The molecule has 2 saturated carbocycles. The molecule has 0 N–H and O–H groups in total. The average molecular weight is 308 g/mol. The van der Waals surface area contributed by atoms with Crippen molar-refractivity contribution in [2.45, 2.75) is 53.6 Å². The van der Waals surface area contributed by atoms with Crippen LogP contribution in [-0.4, -0.2) is 25.8 Å². The van der Waals surface area contributed by atoms with Gasteiger partial charge in [-0.25, -0.2) is 4.79 Å². The molecule has 9 atom stereocenters. The van der Waals surface area contributed by atoms with Crippen LogP contribution < -0.4 is 0 Å². The molecule has 0 aromatic carbocycles. The highest BCUT2D eigenvalue weighted by molar-refractivity contribution is 5.75. The Morgan fingerprint density at radius 1 is 1.00 bits per heavy atom. The molecule has 3 nitrogen and oxygen atoms in total. The van der Waals surface area contributed by atoms with Crippen molar-refractivity contribution in [1.29, 1.82) is 0 Å². The van der Waals surface area contributed by atoms with E-state index in [1.807, 2.05) is 0 Å². The lowest BCUT2D eigenvalue weighted by Crippen LogP contribution is -2.58. The summed E-state index contributed by atoms with van der Waals surface area (Å²) in [6, 6.07) is 0. The molecular weight excluding hydrogens is 276 g/mol. The molecule has 3 aliphatic rings. The first-order chi connectivity index (χ1) is 10.3. The van der Waals surface area contributed by atoms with Gasteiger partial charge >= 0.3 is 5.97 Å². The van der Waals surface area contributed by atoms with E-state index < -0.39 is 0 Å². The van der Waals surface area contributed by atoms with Gasteiger partial charge in [-0.1, -0.05) is 34.6 Å². The number of carbonyl (C=O) groups is 1. The fraction of sp³-hybridized carbons (Fsp3) is 0.947. The maximum atomic E-state index is 12.3. The molecule has 0 aromatic heterocycles. The van der Waals surface area contributed by atoms with E-state index in [2.05, 4.69) is 34.6 Å². The lowest BCUT2D eigenvalue weighted by molar-refractivity contribution is -0.158. The lowest BCUT2D eigenvalue weighted by atomic mass is 9.43. The third-order valence-electron chi connectivity index (χ3n) is 7.94. The Balaban J connectivity index is 2.04. The Kier molecular flexibility index (Phi) is 4.08. The van der Waals surface area contributed by atoms with Crippen LogP contribution >= 0.6 is 0 Å². The molecular formula is C19H32O3. The quantitative estimate of drug-likeness (QED) is 0.692. The van der Waals surface area contributed by atoms with Crippen molar-refractivity contribution in [3.8, 4) is 0 Å².